The number of methoxy groups -OCH3 is 1. The lowest BCUT2D eigenvalue weighted by molar-refractivity contribution is 0.260. The van der Waals surface area contributed by atoms with Crippen molar-refractivity contribution < 1.29 is 18.6 Å². The van der Waals surface area contributed by atoms with E-state index in [4.69, 9.17) is 15.6 Å². The van der Waals surface area contributed by atoms with Crippen LogP contribution in [0.4, 0.5) is 8.78 Å². The lowest BCUT2D eigenvalue weighted by Crippen LogP contribution is -2.18. The average Bonchev–Trinajstić information content (AvgIpc) is 2.21. The highest BCUT2D eigenvalue weighted by atomic mass is 79.9. The van der Waals surface area contributed by atoms with Crippen molar-refractivity contribution in [3.63, 3.8) is 0 Å². The molecule has 1 rings (SSSR count). The Kier molecular flexibility index (Phi) is 4.01. The zero-order valence-electron chi connectivity index (χ0n) is 7.93. The van der Waals surface area contributed by atoms with Crippen LogP contribution in [-0.2, 0) is 0 Å². The summed E-state index contributed by atoms with van der Waals surface area (Å²) < 4.78 is 31.6. The molecule has 0 fully saturated rings. The summed E-state index contributed by atoms with van der Waals surface area (Å²) in [7, 11) is 1.31. The summed E-state index contributed by atoms with van der Waals surface area (Å²) in [6.45, 7) is -0.497. The number of hydrogen-bond acceptors (Lipinski definition) is 3. The Morgan fingerprint density at radius 1 is 1.60 bits per heavy atom. The van der Waals surface area contributed by atoms with Crippen molar-refractivity contribution in [1.29, 1.82) is 0 Å². The molecule has 6 heteroatoms. The van der Waals surface area contributed by atoms with E-state index in [0.29, 0.717) is 0 Å². The number of ether oxygens (including phenoxy) is 1. The first-order valence-electron chi connectivity index (χ1n) is 4.10. The number of benzene rings is 1. The molecule has 0 saturated heterocycles. The topological polar surface area (TPSA) is 55.5 Å². The third-order valence-corrected chi connectivity index (χ3v) is 2.52. The zero-order chi connectivity index (χ0) is 11.6. The van der Waals surface area contributed by atoms with Crippen LogP contribution in [0.3, 0.4) is 0 Å². The van der Waals surface area contributed by atoms with Crippen molar-refractivity contribution in [3.05, 3.63) is 27.7 Å². The molecule has 1 unspecified atom stereocenters. The fourth-order valence-corrected chi connectivity index (χ4v) is 1.80. The van der Waals surface area contributed by atoms with E-state index in [0.717, 1.165) is 6.07 Å². The summed E-state index contributed by atoms with van der Waals surface area (Å²) in [5.74, 6) is -2.05. The van der Waals surface area contributed by atoms with E-state index in [1.807, 2.05) is 0 Å². The second-order valence-electron chi connectivity index (χ2n) is 2.89. The van der Waals surface area contributed by atoms with Gasteiger partial charge in [0.1, 0.15) is 5.75 Å². The van der Waals surface area contributed by atoms with Gasteiger partial charge in [0.2, 0.25) is 0 Å². The highest BCUT2D eigenvalue weighted by Gasteiger charge is 2.22. The maximum atomic E-state index is 13.4. The molecule has 0 radical (unpaired) electrons. The summed E-state index contributed by atoms with van der Waals surface area (Å²) in [5.41, 5.74) is 5.28. The smallest absolute Gasteiger partial charge is 0.167 e. The van der Waals surface area contributed by atoms with Crippen LogP contribution in [0.25, 0.3) is 0 Å². The van der Waals surface area contributed by atoms with Crippen LogP contribution < -0.4 is 10.5 Å². The minimum absolute atomic E-state index is 0.0930. The number of aliphatic hydroxyl groups is 1. The molecule has 0 aliphatic carbocycles. The van der Waals surface area contributed by atoms with Gasteiger partial charge in [-0.05, 0) is 22.0 Å². The Labute approximate surface area is 94.0 Å². The van der Waals surface area contributed by atoms with Gasteiger partial charge in [-0.2, -0.15) is 0 Å². The number of aliphatic hydroxyl groups excluding tert-OH is 1. The lowest BCUT2D eigenvalue weighted by atomic mass is 10.1. The minimum Gasteiger partial charge on any atom is -0.495 e. The number of hydrogen-bond donors (Lipinski definition) is 2. The van der Waals surface area contributed by atoms with Gasteiger partial charge in [-0.3, -0.25) is 0 Å². The van der Waals surface area contributed by atoms with E-state index < -0.39 is 24.3 Å². The predicted molar refractivity (Wildman–Crippen MR) is 54.6 cm³/mol. The highest BCUT2D eigenvalue weighted by Crippen LogP contribution is 2.35. The summed E-state index contributed by atoms with van der Waals surface area (Å²) >= 11 is 3.02. The van der Waals surface area contributed by atoms with Gasteiger partial charge < -0.3 is 15.6 Å². The van der Waals surface area contributed by atoms with Crippen LogP contribution in [0.2, 0.25) is 0 Å². The molecule has 0 amide bonds. The van der Waals surface area contributed by atoms with E-state index in [9.17, 15) is 8.78 Å². The molecule has 0 spiro atoms. The highest BCUT2D eigenvalue weighted by molar-refractivity contribution is 9.10. The van der Waals surface area contributed by atoms with Gasteiger partial charge in [-0.15, -0.1) is 0 Å². The van der Waals surface area contributed by atoms with E-state index in [1.54, 1.807) is 0 Å². The fourth-order valence-electron chi connectivity index (χ4n) is 1.23. The summed E-state index contributed by atoms with van der Waals surface area (Å²) in [5, 5.41) is 8.83. The van der Waals surface area contributed by atoms with Gasteiger partial charge in [-0.1, -0.05) is 0 Å². The van der Waals surface area contributed by atoms with Crippen LogP contribution in [0, 0.1) is 11.6 Å². The first kappa shape index (κ1) is 12.4. The molecule has 0 aromatic heterocycles. The molecule has 3 N–H and O–H groups in total. The van der Waals surface area contributed by atoms with Crippen LogP contribution >= 0.6 is 15.9 Å². The number of rotatable bonds is 3. The van der Waals surface area contributed by atoms with Gasteiger partial charge in [-0.25, -0.2) is 8.78 Å². The van der Waals surface area contributed by atoms with Crippen LogP contribution in [0.15, 0.2) is 10.5 Å². The summed E-state index contributed by atoms with van der Waals surface area (Å²) in [4.78, 5) is 0. The first-order valence-corrected chi connectivity index (χ1v) is 4.90. The van der Waals surface area contributed by atoms with E-state index in [1.165, 1.54) is 7.11 Å². The molecule has 0 heterocycles. The zero-order valence-corrected chi connectivity index (χ0v) is 9.51. The summed E-state index contributed by atoms with van der Waals surface area (Å²) in [6, 6.07) is -0.0752. The third-order valence-electron chi connectivity index (χ3n) is 1.93. The Balaban J connectivity index is 3.43. The van der Waals surface area contributed by atoms with Gasteiger partial charge >= 0.3 is 0 Å². The molecule has 1 aromatic rings. The maximum Gasteiger partial charge on any atom is 0.167 e. The Morgan fingerprint density at radius 3 is 2.67 bits per heavy atom. The van der Waals surface area contributed by atoms with Crippen molar-refractivity contribution >= 4 is 15.9 Å². The molecular formula is C9H10BrF2NO2. The fraction of sp³-hybridized carbons (Fsp3) is 0.333. The van der Waals surface area contributed by atoms with E-state index in [2.05, 4.69) is 15.9 Å². The molecule has 0 saturated carbocycles. The average molecular weight is 282 g/mol. The quantitative estimate of drug-likeness (QED) is 0.830. The van der Waals surface area contributed by atoms with Gasteiger partial charge in [0.05, 0.1) is 29.8 Å². The van der Waals surface area contributed by atoms with Gasteiger partial charge in [0.15, 0.2) is 11.6 Å². The Bertz CT molecular complexity index is 374. The van der Waals surface area contributed by atoms with Crippen molar-refractivity contribution in [1.82, 2.24) is 0 Å². The van der Waals surface area contributed by atoms with Crippen LogP contribution in [0.1, 0.15) is 11.6 Å². The molecule has 0 aliphatic heterocycles. The predicted octanol–water partition coefficient (Wildman–Crippen LogP) is 1.73. The number of nitrogens with two attached hydrogens (primary N) is 1. The van der Waals surface area contributed by atoms with Gasteiger partial charge in [0, 0.05) is 0 Å². The van der Waals surface area contributed by atoms with Crippen LogP contribution in [-0.4, -0.2) is 18.8 Å². The maximum absolute atomic E-state index is 13.4. The molecule has 15 heavy (non-hydrogen) atoms. The Morgan fingerprint density at radius 2 is 2.20 bits per heavy atom. The SMILES string of the molecule is COc1c(Br)cc(F)c(F)c1C(N)CO. The second-order valence-corrected chi connectivity index (χ2v) is 3.74. The van der Waals surface area contributed by atoms with Crippen molar-refractivity contribution in [3.8, 4) is 5.75 Å². The van der Waals surface area contributed by atoms with Crippen LogP contribution in [0.5, 0.6) is 5.75 Å². The standard InChI is InChI=1S/C9H10BrF2NO2/c1-15-9-4(10)2-5(11)8(12)7(9)6(13)3-14/h2,6,14H,3,13H2,1H3. The second kappa shape index (κ2) is 4.87. The normalized spacial score (nSPS) is 12.7. The van der Waals surface area contributed by atoms with Gasteiger partial charge in [0.25, 0.3) is 0 Å². The van der Waals surface area contributed by atoms with Crippen molar-refractivity contribution in [2.45, 2.75) is 6.04 Å². The molecule has 1 aromatic carbocycles. The summed E-state index contributed by atoms with van der Waals surface area (Å²) in [6.07, 6.45) is 0. The first-order chi connectivity index (χ1) is 7.02. The van der Waals surface area contributed by atoms with Crippen molar-refractivity contribution in [2.24, 2.45) is 5.73 Å². The monoisotopic (exact) mass is 281 g/mol. The van der Waals surface area contributed by atoms with E-state index in [-0.39, 0.29) is 15.8 Å². The molecular weight excluding hydrogens is 272 g/mol. The van der Waals surface area contributed by atoms with Crippen molar-refractivity contribution in [2.75, 3.05) is 13.7 Å². The molecule has 0 bridgehead atoms. The molecule has 3 nitrogen and oxygen atoms in total. The Hall–Kier alpha value is -0.720. The minimum atomic E-state index is -1.10. The molecule has 1 atom stereocenters. The third kappa shape index (κ3) is 2.27. The number of halogens is 3. The lowest BCUT2D eigenvalue weighted by Gasteiger charge is -2.16. The molecule has 84 valence electrons. The van der Waals surface area contributed by atoms with E-state index >= 15 is 0 Å². The molecule has 0 aliphatic rings. The largest absolute Gasteiger partial charge is 0.495 e.